The maximum Gasteiger partial charge on any atom is 0.0797 e. The van der Waals surface area contributed by atoms with Gasteiger partial charge in [-0.1, -0.05) is 32.6 Å². The lowest BCUT2D eigenvalue weighted by atomic mass is 10.1. The second kappa shape index (κ2) is 8.65. The van der Waals surface area contributed by atoms with Gasteiger partial charge in [0.2, 0.25) is 0 Å². The molecule has 1 rings (SSSR count). The third-order valence-corrected chi connectivity index (χ3v) is 4.18. The van der Waals surface area contributed by atoms with E-state index in [-0.39, 0.29) is 0 Å². The topological polar surface area (TPSA) is 24.9 Å². The molecule has 3 heteroatoms. The van der Waals surface area contributed by atoms with Crippen LogP contribution in [0.5, 0.6) is 0 Å². The Morgan fingerprint density at radius 1 is 1.35 bits per heavy atom. The van der Waals surface area contributed by atoms with Crippen molar-refractivity contribution in [1.82, 2.24) is 10.3 Å². The molecule has 0 amide bonds. The van der Waals surface area contributed by atoms with Crippen LogP contribution in [0, 0.1) is 6.92 Å². The monoisotopic (exact) mass is 254 g/mol. The van der Waals surface area contributed by atoms with Crippen LogP contribution < -0.4 is 5.32 Å². The Hall–Kier alpha value is -0.410. The average Bonchev–Trinajstić information content (AvgIpc) is 2.71. The molecule has 0 aromatic carbocycles. The van der Waals surface area contributed by atoms with E-state index in [1.54, 1.807) is 11.3 Å². The van der Waals surface area contributed by atoms with E-state index >= 15 is 0 Å². The molecular formula is C14H26N2S. The summed E-state index contributed by atoms with van der Waals surface area (Å²) in [6, 6.07) is 0.653. The summed E-state index contributed by atoms with van der Waals surface area (Å²) < 4.78 is 0. The molecule has 1 N–H and O–H groups in total. The summed E-state index contributed by atoms with van der Waals surface area (Å²) in [4.78, 5) is 5.70. The summed E-state index contributed by atoms with van der Waals surface area (Å²) in [5.41, 5.74) is 3.14. The molecule has 1 heterocycles. The minimum Gasteiger partial charge on any atom is -0.314 e. The van der Waals surface area contributed by atoms with Crippen LogP contribution in [0.2, 0.25) is 0 Å². The summed E-state index contributed by atoms with van der Waals surface area (Å²) >= 11 is 1.77. The van der Waals surface area contributed by atoms with Gasteiger partial charge in [0.25, 0.3) is 0 Å². The molecule has 0 bridgehead atoms. The number of aromatic nitrogens is 1. The highest BCUT2D eigenvalue weighted by molar-refractivity contribution is 7.09. The van der Waals surface area contributed by atoms with Crippen molar-refractivity contribution in [2.75, 3.05) is 6.54 Å². The summed E-state index contributed by atoms with van der Waals surface area (Å²) in [7, 11) is 0. The number of nitrogens with zero attached hydrogens (tertiary/aromatic N) is 1. The molecule has 0 aliphatic carbocycles. The van der Waals surface area contributed by atoms with Crippen LogP contribution in [0.4, 0.5) is 0 Å². The van der Waals surface area contributed by atoms with Crippen LogP contribution in [0.1, 0.15) is 56.5 Å². The third kappa shape index (κ3) is 6.18. The van der Waals surface area contributed by atoms with E-state index in [0.29, 0.717) is 6.04 Å². The van der Waals surface area contributed by atoms with Gasteiger partial charge in [-0.15, -0.1) is 11.3 Å². The van der Waals surface area contributed by atoms with Crippen LogP contribution in [-0.4, -0.2) is 17.6 Å². The second-order valence-electron chi connectivity index (χ2n) is 4.82. The van der Waals surface area contributed by atoms with E-state index in [1.165, 1.54) is 42.7 Å². The Kier molecular flexibility index (Phi) is 7.45. The van der Waals surface area contributed by atoms with Gasteiger partial charge in [-0.3, -0.25) is 0 Å². The van der Waals surface area contributed by atoms with Gasteiger partial charge in [-0.25, -0.2) is 4.98 Å². The van der Waals surface area contributed by atoms with Crippen molar-refractivity contribution < 1.29 is 0 Å². The molecule has 1 aromatic rings. The Bertz CT molecular complexity index is 296. The van der Waals surface area contributed by atoms with E-state index in [4.69, 9.17) is 0 Å². The number of hydrogen-bond acceptors (Lipinski definition) is 3. The van der Waals surface area contributed by atoms with Gasteiger partial charge < -0.3 is 5.32 Å². The van der Waals surface area contributed by atoms with E-state index in [0.717, 1.165) is 13.0 Å². The normalized spacial score (nSPS) is 12.9. The molecule has 1 aromatic heterocycles. The van der Waals surface area contributed by atoms with Crippen molar-refractivity contribution in [2.45, 2.75) is 65.3 Å². The molecule has 0 aliphatic rings. The highest BCUT2D eigenvalue weighted by Gasteiger charge is 2.03. The lowest BCUT2D eigenvalue weighted by Crippen LogP contribution is -2.27. The van der Waals surface area contributed by atoms with Gasteiger partial charge in [-0.05, 0) is 26.7 Å². The summed E-state index contributed by atoms with van der Waals surface area (Å²) in [6.07, 6.45) is 7.88. The molecule has 0 aliphatic heterocycles. The number of hydrogen-bond donors (Lipinski definition) is 1. The zero-order chi connectivity index (χ0) is 12.5. The Morgan fingerprint density at radius 3 is 2.82 bits per heavy atom. The quantitative estimate of drug-likeness (QED) is 0.675. The first-order valence-electron chi connectivity index (χ1n) is 6.86. The smallest absolute Gasteiger partial charge is 0.0797 e. The van der Waals surface area contributed by atoms with E-state index < -0.39 is 0 Å². The van der Waals surface area contributed by atoms with Crippen molar-refractivity contribution in [2.24, 2.45) is 0 Å². The second-order valence-corrected chi connectivity index (χ2v) is 5.75. The third-order valence-electron chi connectivity index (χ3n) is 3.18. The van der Waals surface area contributed by atoms with Crippen LogP contribution in [-0.2, 0) is 6.42 Å². The first-order valence-corrected chi connectivity index (χ1v) is 7.74. The first-order chi connectivity index (χ1) is 8.24. The fourth-order valence-corrected chi connectivity index (χ4v) is 2.76. The molecular weight excluding hydrogens is 228 g/mol. The number of nitrogens with one attached hydrogen (secondary N) is 1. The van der Waals surface area contributed by atoms with Crippen molar-refractivity contribution in [3.8, 4) is 0 Å². The van der Waals surface area contributed by atoms with Crippen LogP contribution in [0.3, 0.4) is 0 Å². The highest BCUT2D eigenvalue weighted by atomic mass is 32.1. The van der Waals surface area contributed by atoms with E-state index in [2.05, 4.69) is 31.1 Å². The lowest BCUT2D eigenvalue weighted by Gasteiger charge is -2.13. The zero-order valence-electron chi connectivity index (χ0n) is 11.5. The molecule has 0 radical (unpaired) electrons. The van der Waals surface area contributed by atoms with Gasteiger partial charge in [0, 0.05) is 17.5 Å². The van der Waals surface area contributed by atoms with Crippen molar-refractivity contribution in [1.29, 1.82) is 0 Å². The van der Waals surface area contributed by atoms with Crippen molar-refractivity contribution >= 4 is 11.3 Å². The van der Waals surface area contributed by atoms with Crippen LogP contribution in [0.25, 0.3) is 0 Å². The summed E-state index contributed by atoms with van der Waals surface area (Å²) in [5, 5.41) is 3.60. The molecule has 17 heavy (non-hydrogen) atoms. The van der Waals surface area contributed by atoms with E-state index in [9.17, 15) is 0 Å². The SMILES string of the molecule is CCCCCCC(C)NCCc1scnc1C. The molecule has 0 saturated heterocycles. The molecule has 0 saturated carbocycles. The molecule has 2 nitrogen and oxygen atoms in total. The number of unbranched alkanes of at least 4 members (excludes halogenated alkanes) is 3. The summed E-state index contributed by atoms with van der Waals surface area (Å²) in [5.74, 6) is 0. The predicted octanol–water partition coefficient (Wildman–Crippen LogP) is 3.94. The molecule has 0 spiro atoms. The van der Waals surface area contributed by atoms with Gasteiger partial charge in [0.05, 0.1) is 11.2 Å². The summed E-state index contributed by atoms with van der Waals surface area (Å²) in [6.45, 7) is 7.74. The Balaban J connectivity index is 2.04. The largest absolute Gasteiger partial charge is 0.314 e. The molecule has 0 fully saturated rings. The van der Waals surface area contributed by atoms with Gasteiger partial charge in [0.1, 0.15) is 0 Å². The minimum atomic E-state index is 0.653. The first kappa shape index (κ1) is 14.7. The van der Waals surface area contributed by atoms with Crippen molar-refractivity contribution in [3.05, 3.63) is 16.1 Å². The van der Waals surface area contributed by atoms with Crippen molar-refractivity contribution in [3.63, 3.8) is 0 Å². The van der Waals surface area contributed by atoms with Crippen LogP contribution in [0.15, 0.2) is 5.51 Å². The highest BCUT2D eigenvalue weighted by Crippen LogP contribution is 2.12. The Labute approximate surface area is 110 Å². The number of thiazole rings is 1. The van der Waals surface area contributed by atoms with Gasteiger partial charge >= 0.3 is 0 Å². The zero-order valence-corrected chi connectivity index (χ0v) is 12.3. The maximum absolute atomic E-state index is 4.28. The fourth-order valence-electron chi connectivity index (χ4n) is 1.98. The molecule has 1 atom stereocenters. The molecule has 1 unspecified atom stereocenters. The van der Waals surface area contributed by atoms with E-state index in [1.807, 2.05) is 5.51 Å². The fraction of sp³-hybridized carbons (Fsp3) is 0.786. The van der Waals surface area contributed by atoms with Crippen LogP contribution >= 0.6 is 11.3 Å². The minimum absolute atomic E-state index is 0.653. The maximum atomic E-state index is 4.28. The Morgan fingerprint density at radius 2 is 2.18 bits per heavy atom. The number of rotatable bonds is 9. The average molecular weight is 254 g/mol. The van der Waals surface area contributed by atoms with Gasteiger partial charge in [0.15, 0.2) is 0 Å². The van der Waals surface area contributed by atoms with Gasteiger partial charge in [-0.2, -0.15) is 0 Å². The molecule has 98 valence electrons. The number of aryl methyl sites for hydroxylation is 1. The lowest BCUT2D eigenvalue weighted by molar-refractivity contribution is 0.486. The standard InChI is InChI=1S/C14H26N2S/c1-4-5-6-7-8-12(2)15-10-9-14-13(3)16-11-17-14/h11-12,15H,4-10H2,1-3H3. The predicted molar refractivity (Wildman–Crippen MR) is 76.8 cm³/mol.